The fourth-order valence-electron chi connectivity index (χ4n) is 2.46. The van der Waals surface area contributed by atoms with Crippen molar-refractivity contribution in [1.29, 1.82) is 0 Å². The lowest BCUT2D eigenvalue weighted by atomic mass is 10.1. The lowest BCUT2D eigenvalue weighted by molar-refractivity contribution is -0.120. The highest BCUT2D eigenvalue weighted by Crippen LogP contribution is 2.18. The number of nitrogens with zero attached hydrogens (tertiary/aromatic N) is 1. The number of fused-ring (bicyclic) bond motifs is 1. The molecule has 3 rings (SSSR count). The third kappa shape index (κ3) is 4.32. The molecule has 3 aromatic rings. The second kappa shape index (κ2) is 7.59. The van der Waals surface area contributed by atoms with Crippen molar-refractivity contribution in [3.63, 3.8) is 0 Å². The normalized spacial score (nSPS) is 10.5. The van der Waals surface area contributed by atoms with E-state index in [1.54, 1.807) is 6.20 Å². The first-order valence-electron chi connectivity index (χ1n) is 8.00. The summed E-state index contributed by atoms with van der Waals surface area (Å²) in [5, 5.41) is 3.92. The number of amides is 1. The SMILES string of the molecule is Cc1ccc(CC(=O)NCCOc2ccc3ncccc3c2)cc1. The fraction of sp³-hybridized carbons (Fsp3) is 0.200. The standard InChI is InChI=1S/C20H20N2O2/c1-15-4-6-16(7-5-15)13-20(23)22-11-12-24-18-8-9-19-17(14-18)3-2-10-21-19/h2-10,14H,11-13H2,1H3,(H,22,23). The first-order chi connectivity index (χ1) is 11.7. The molecule has 0 saturated heterocycles. The molecule has 4 nitrogen and oxygen atoms in total. The second-order valence-corrected chi connectivity index (χ2v) is 5.72. The van der Waals surface area contributed by atoms with Crippen molar-refractivity contribution in [3.05, 3.63) is 71.9 Å². The van der Waals surface area contributed by atoms with Gasteiger partial charge in [-0.3, -0.25) is 9.78 Å². The van der Waals surface area contributed by atoms with E-state index in [-0.39, 0.29) is 5.91 Å². The number of carbonyl (C=O) groups excluding carboxylic acids is 1. The molecule has 0 fully saturated rings. The lowest BCUT2D eigenvalue weighted by Gasteiger charge is -2.09. The summed E-state index contributed by atoms with van der Waals surface area (Å²) in [5.74, 6) is 0.786. The zero-order valence-electron chi connectivity index (χ0n) is 13.7. The smallest absolute Gasteiger partial charge is 0.224 e. The van der Waals surface area contributed by atoms with Crippen LogP contribution < -0.4 is 10.1 Å². The minimum absolute atomic E-state index is 0.00478. The minimum Gasteiger partial charge on any atom is -0.492 e. The first kappa shape index (κ1) is 16.0. The number of pyridine rings is 1. The molecular weight excluding hydrogens is 300 g/mol. The highest BCUT2D eigenvalue weighted by Gasteiger charge is 2.03. The van der Waals surface area contributed by atoms with Gasteiger partial charge in [0.05, 0.1) is 18.5 Å². The highest BCUT2D eigenvalue weighted by molar-refractivity contribution is 5.80. The molecule has 0 bridgehead atoms. The molecule has 4 heteroatoms. The maximum Gasteiger partial charge on any atom is 0.224 e. The molecule has 122 valence electrons. The van der Waals surface area contributed by atoms with Gasteiger partial charge in [0.15, 0.2) is 0 Å². The van der Waals surface area contributed by atoms with Gasteiger partial charge in [-0.25, -0.2) is 0 Å². The molecule has 0 aliphatic carbocycles. The Hall–Kier alpha value is -2.88. The second-order valence-electron chi connectivity index (χ2n) is 5.72. The van der Waals surface area contributed by atoms with E-state index in [0.29, 0.717) is 19.6 Å². The molecule has 1 amide bonds. The zero-order valence-corrected chi connectivity index (χ0v) is 13.7. The van der Waals surface area contributed by atoms with Crippen molar-refractivity contribution in [3.8, 4) is 5.75 Å². The highest BCUT2D eigenvalue weighted by atomic mass is 16.5. The number of carbonyl (C=O) groups is 1. The summed E-state index contributed by atoms with van der Waals surface area (Å²) in [6.07, 6.45) is 2.16. The van der Waals surface area contributed by atoms with Crippen LogP contribution in [0.15, 0.2) is 60.8 Å². The van der Waals surface area contributed by atoms with E-state index in [4.69, 9.17) is 4.74 Å². The van der Waals surface area contributed by atoms with E-state index in [9.17, 15) is 4.79 Å². The average Bonchev–Trinajstić information content (AvgIpc) is 2.60. The molecule has 1 aromatic heterocycles. The third-order valence-electron chi connectivity index (χ3n) is 3.75. The van der Waals surface area contributed by atoms with Gasteiger partial charge >= 0.3 is 0 Å². The molecule has 24 heavy (non-hydrogen) atoms. The number of nitrogens with one attached hydrogen (secondary N) is 1. The molecule has 0 atom stereocenters. The minimum atomic E-state index is 0.00478. The molecule has 0 aliphatic rings. The van der Waals surface area contributed by atoms with Crippen LogP contribution in [0.5, 0.6) is 5.75 Å². The number of benzene rings is 2. The summed E-state index contributed by atoms with van der Waals surface area (Å²) in [4.78, 5) is 16.2. The number of hydrogen-bond acceptors (Lipinski definition) is 3. The maximum absolute atomic E-state index is 11.9. The molecular formula is C20H20N2O2. The summed E-state index contributed by atoms with van der Waals surface area (Å²) in [6.45, 7) is 2.95. The molecule has 1 N–H and O–H groups in total. The van der Waals surface area contributed by atoms with Gasteiger partial charge in [0.1, 0.15) is 12.4 Å². The number of rotatable bonds is 6. The van der Waals surface area contributed by atoms with Crippen LogP contribution in [0.2, 0.25) is 0 Å². The Morgan fingerprint density at radius 1 is 1.12 bits per heavy atom. The van der Waals surface area contributed by atoms with Gasteiger partial charge in [0.25, 0.3) is 0 Å². The van der Waals surface area contributed by atoms with Gasteiger partial charge in [-0.1, -0.05) is 35.9 Å². The quantitative estimate of drug-likeness (QED) is 0.709. The first-order valence-corrected chi connectivity index (χ1v) is 8.00. The summed E-state index contributed by atoms with van der Waals surface area (Å²) in [6, 6.07) is 17.7. The van der Waals surface area contributed by atoms with E-state index in [1.807, 2.05) is 61.5 Å². The number of ether oxygens (including phenoxy) is 1. The van der Waals surface area contributed by atoms with Gasteiger partial charge < -0.3 is 10.1 Å². The summed E-state index contributed by atoms with van der Waals surface area (Å²) >= 11 is 0. The fourth-order valence-corrected chi connectivity index (χ4v) is 2.46. The summed E-state index contributed by atoms with van der Waals surface area (Å²) in [7, 11) is 0. The topological polar surface area (TPSA) is 51.2 Å². The van der Waals surface area contributed by atoms with E-state index < -0.39 is 0 Å². The number of aromatic nitrogens is 1. The van der Waals surface area contributed by atoms with Crippen LogP contribution in [-0.2, 0) is 11.2 Å². The van der Waals surface area contributed by atoms with Crippen molar-refractivity contribution in [1.82, 2.24) is 10.3 Å². The Bertz CT molecular complexity index is 828. The Morgan fingerprint density at radius 2 is 1.96 bits per heavy atom. The lowest BCUT2D eigenvalue weighted by Crippen LogP contribution is -2.29. The Morgan fingerprint density at radius 3 is 2.79 bits per heavy atom. The van der Waals surface area contributed by atoms with Crippen molar-refractivity contribution >= 4 is 16.8 Å². The number of aryl methyl sites for hydroxylation is 1. The van der Waals surface area contributed by atoms with Crippen molar-refractivity contribution in [2.75, 3.05) is 13.2 Å². The van der Waals surface area contributed by atoms with Gasteiger partial charge in [-0.05, 0) is 36.8 Å². The van der Waals surface area contributed by atoms with Gasteiger partial charge in [-0.15, -0.1) is 0 Å². The van der Waals surface area contributed by atoms with Crippen LogP contribution in [0.25, 0.3) is 10.9 Å². The van der Waals surface area contributed by atoms with E-state index in [2.05, 4.69) is 10.3 Å². The van der Waals surface area contributed by atoms with Crippen molar-refractivity contribution < 1.29 is 9.53 Å². The predicted octanol–water partition coefficient (Wildman–Crippen LogP) is 3.28. The van der Waals surface area contributed by atoms with Crippen molar-refractivity contribution in [2.45, 2.75) is 13.3 Å². The largest absolute Gasteiger partial charge is 0.492 e. The molecule has 1 heterocycles. The van der Waals surface area contributed by atoms with E-state index >= 15 is 0 Å². The Kier molecular flexibility index (Phi) is 5.06. The maximum atomic E-state index is 11.9. The monoisotopic (exact) mass is 320 g/mol. The predicted molar refractivity (Wildman–Crippen MR) is 95.1 cm³/mol. The molecule has 0 unspecified atom stereocenters. The van der Waals surface area contributed by atoms with Crippen LogP contribution in [-0.4, -0.2) is 24.0 Å². The van der Waals surface area contributed by atoms with Crippen LogP contribution in [0.1, 0.15) is 11.1 Å². The number of hydrogen-bond donors (Lipinski definition) is 1. The molecule has 0 radical (unpaired) electrons. The molecule has 2 aromatic carbocycles. The van der Waals surface area contributed by atoms with Crippen LogP contribution in [0.4, 0.5) is 0 Å². The van der Waals surface area contributed by atoms with Crippen LogP contribution in [0.3, 0.4) is 0 Å². The van der Waals surface area contributed by atoms with E-state index in [1.165, 1.54) is 5.56 Å². The molecule has 0 saturated carbocycles. The Labute approximate surface area is 141 Å². The average molecular weight is 320 g/mol. The Balaban J connectivity index is 1.44. The van der Waals surface area contributed by atoms with E-state index in [0.717, 1.165) is 22.2 Å². The van der Waals surface area contributed by atoms with Crippen molar-refractivity contribution in [2.24, 2.45) is 0 Å². The van der Waals surface area contributed by atoms with Crippen LogP contribution >= 0.6 is 0 Å². The van der Waals surface area contributed by atoms with Gasteiger partial charge in [0.2, 0.25) is 5.91 Å². The van der Waals surface area contributed by atoms with Gasteiger partial charge in [0, 0.05) is 11.6 Å². The summed E-state index contributed by atoms with van der Waals surface area (Å²) in [5.41, 5.74) is 3.15. The van der Waals surface area contributed by atoms with Gasteiger partial charge in [-0.2, -0.15) is 0 Å². The van der Waals surface area contributed by atoms with Crippen LogP contribution in [0, 0.1) is 6.92 Å². The molecule has 0 aliphatic heterocycles. The summed E-state index contributed by atoms with van der Waals surface area (Å²) < 4.78 is 5.69. The molecule has 0 spiro atoms. The zero-order chi connectivity index (χ0) is 16.8. The third-order valence-corrected chi connectivity index (χ3v) is 3.75.